The monoisotopic (exact) mass is 570 g/mol. The highest BCUT2D eigenvalue weighted by atomic mass is 32.2. The maximum Gasteiger partial charge on any atom is 0.330 e. The minimum atomic E-state index is -4.62. The first-order valence-electron chi connectivity index (χ1n) is 11.8. The van der Waals surface area contributed by atoms with E-state index in [2.05, 4.69) is 13.2 Å². The molecule has 0 N–H and O–H groups in total. The van der Waals surface area contributed by atoms with Gasteiger partial charge in [0.05, 0.1) is 9.79 Å². The summed E-state index contributed by atoms with van der Waals surface area (Å²) in [7, 11) is -9.21. The number of carbonyl (C=O) groups excluding carboxylic acids is 1. The van der Waals surface area contributed by atoms with E-state index in [9.17, 15) is 21.6 Å². The van der Waals surface area contributed by atoms with E-state index in [1.54, 1.807) is 45.0 Å². The summed E-state index contributed by atoms with van der Waals surface area (Å²) in [5.41, 5.74) is 3.89. The fourth-order valence-electron chi connectivity index (χ4n) is 4.02. The van der Waals surface area contributed by atoms with E-state index in [1.165, 1.54) is 42.5 Å². The van der Waals surface area contributed by atoms with E-state index in [4.69, 9.17) is 13.1 Å². The second-order valence-corrected chi connectivity index (χ2v) is 12.1. The molecule has 2 unspecified atom stereocenters. The Morgan fingerprint density at radius 2 is 1.21 bits per heavy atom. The molecule has 0 fully saturated rings. The first-order chi connectivity index (χ1) is 18.3. The average Bonchev–Trinajstić information content (AvgIpc) is 2.87. The van der Waals surface area contributed by atoms with Gasteiger partial charge in [-0.3, -0.25) is 0 Å². The quantitative estimate of drug-likeness (QED) is 0.129. The molecule has 0 saturated heterocycles. The summed E-state index contributed by atoms with van der Waals surface area (Å²) in [5, 5.41) is 0. The van der Waals surface area contributed by atoms with Crippen molar-refractivity contribution in [3.8, 4) is 0 Å². The van der Waals surface area contributed by atoms with Crippen molar-refractivity contribution in [2.24, 2.45) is 0 Å². The molecule has 0 spiro atoms. The Kier molecular flexibility index (Phi) is 9.29. The molecule has 2 atom stereocenters. The van der Waals surface area contributed by atoms with Gasteiger partial charge < -0.3 is 4.74 Å². The summed E-state index contributed by atoms with van der Waals surface area (Å²) in [5.74, 6) is -0.933. The van der Waals surface area contributed by atoms with Crippen molar-refractivity contribution < 1.29 is 34.7 Å². The summed E-state index contributed by atoms with van der Waals surface area (Å²) < 4.78 is 69.6. The Balaban J connectivity index is 2.19. The molecule has 10 heteroatoms. The van der Waals surface area contributed by atoms with E-state index in [-0.39, 0.29) is 9.79 Å². The number of hydrogen-bond donors (Lipinski definition) is 0. The Labute approximate surface area is 229 Å². The minimum Gasteiger partial charge on any atom is -0.449 e. The van der Waals surface area contributed by atoms with Crippen molar-refractivity contribution in [3.63, 3.8) is 0 Å². The normalized spacial score (nSPS) is 13.3. The lowest BCUT2D eigenvalue weighted by Crippen LogP contribution is -2.34. The van der Waals surface area contributed by atoms with Crippen molar-refractivity contribution in [1.82, 2.24) is 0 Å². The van der Waals surface area contributed by atoms with Crippen LogP contribution in [0.15, 0.2) is 89.7 Å². The van der Waals surface area contributed by atoms with Gasteiger partial charge in [-0.25, -0.2) is 13.2 Å². The molecule has 0 aliphatic heterocycles. The van der Waals surface area contributed by atoms with E-state index in [0.29, 0.717) is 22.3 Å². The van der Waals surface area contributed by atoms with Crippen LogP contribution in [0.25, 0.3) is 6.08 Å². The topological polar surface area (TPSA) is 113 Å². The van der Waals surface area contributed by atoms with Crippen LogP contribution in [-0.4, -0.2) is 29.1 Å². The number of benzene rings is 3. The van der Waals surface area contributed by atoms with E-state index < -0.39 is 38.6 Å². The van der Waals surface area contributed by atoms with Crippen LogP contribution in [0.1, 0.15) is 39.5 Å². The maximum absolute atomic E-state index is 13.3. The second kappa shape index (κ2) is 12.1. The summed E-state index contributed by atoms with van der Waals surface area (Å²) in [6, 6.07) is 14.9. The molecular formula is C29H30O8S2. The molecule has 0 bridgehead atoms. The standard InChI is InChI=1S/C29H30O8S2/c1-7-23-11-15-25(16-12-23)39(33,34)37-29(36-38(31,32)24-13-9-19(3)10-14-24)28(35-26(30)8-2)27-21(5)17-20(4)18-22(27)6/h7-18,28-29H,1-2H2,3-6H3. The largest absolute Gasteiger partial charge is 0.449 e. The Morgan fingerprint density at radius 3 is 1.64 bits per heavy atom. The highest BCUT2D eigenvalue weighted by Crippen LogP contribution is 2.35. The van der Waals surface area contributed by atoms with Gasteiger partial charge in [-0.05, 0) is 68.7 Å². The van der Waals surface area contributed by atoms with Gasteiger partial charge >= 0.3 is 5.97 Å². The lowest BCUT2D eigenvalue weighted by atomic mass is 9.95. The van der Waals surface area contributed by atoms with Gasteiger partial charge in [-0.1, -0.05) is 66.8 Å². The van der Waals surface area contributed by atoms with Crippen molar-refractivity contribution in [2.45, 2.75) is 49.9 Å². The molecule has 0 radical (unpaired) electrons. The molecule has 3 aromatic carbocycles. The number of esters is 1. The molecular weight excluding hydrogens is 540 g/mol. The number of aryl methyl sites for hydroxylation is 4. The van der Waals surface area contributed by atoms with Crippen molar-refractivity contribution >= 4 is 32.3 Å². The molecule has 0 amide bonds. The number of hydrogen-bond acceptors (Lipinski definition) is 8. The predicted molar refractivity (Wildman–Crippen MR) is 148 cm³/mol. The molecule has 0 aromatic heterocycles. The summed E-state index contributed by atoms with van der Waals surface area (Å²) in [6.45, 7) is 14.1. The van der Waals surface area contributed by atoms with E-state index in [0.717, 1.165) is 17.2 Å². The van der Waals surface area contributed by atoms with Crippen LogP contribution in [0.5, 0.6) is 0 Å². The molecule has 3 aromatic rings. The predicted octanol–water partition coefficient (Wildman–Crippen LogP) is 5.47. The minimum absolute atomic E-state index is 0.236. The maximum atomic E-state index is 13.3. The zero-order valence-electron chi connectivity index (χ0n) is 22.1. The highest BCUT2D eigenvalue weighted by Gasteiger charge is 2.39. The van der Waals surface area contributed by atoms with Gasteiger partial charge in [-0.2, -0.15) is 16.8 Å². The Hall–Kier alpha value is -3.57. The molecule has 8 nitrogen and oxygen atoms in total. The van der Waals surface area contributed by atoms with Gasteiger partial charge in [0.15, 0.2) is 6.10 Å². The highest BCUT2D eigenvalue weighted by molar-refractivity contribution is 7.87. The van der Waals surface area contributed by atoms with Gasteiger partial charge in [-0.15, -0.1) is 0 Å². The van der Waals surface area contributed by atoms with Crippen LogP contribution in [0.3, 0.4) is 0 Å². The summed E-state index contributed by atoms with van der Waals surface area (Å²) in [6.07, 6.45) is -1.31. The third-order valence-corrected chi connectivity index (χ3v) is 8.42. The van der Waals surface area contributed by atoms with Crippen LogP contribution >= 0.6 is 0 Å². The third-order valence-electron chi connectivity index (χ3n) is 5.84. The van der Waals surface area contributed by atoms with Crippen molar-refractivity contribution in [2.75, 3.05) is 0 Å². The molecule has 3 rings (SSSR count). The van der Waals surface area contributed by atoms with Crippen molar-refractivity contribution in [1.29, 1.82) is 0 Å². The van der Waals surface area contributed by atoms with Gasteiger partial charge in [0, 0.05) is 11.6 Å². The van der Waals surface area contributed by atoms with Crippen LogP contribution in [0.4, 0.5) is 0 Å². The van der Waals surface area contributed by atoms with Crippen LogP contribution in [0, 0.1) is 27.7 Å². The van der Waals surface area contributed by atoms with E-state index in [1.807, 2.05) is 6.92 Å². The fraction of sp³-hybridized carbons (Fsp3) is 0.207. The molecule has 39 heavy (non-hydrogen) atoms. The number of ether oxygens (including phenoxy) is 1. The Bertz CT molecular complexity index is 1560. The van der Waals surface area contributed by atoms with Crippen LogP contribution in [0.2, 0.25) is 0 Å². The smallest absolute Gasteiger partial charge is 0.330 e. The van der Waals surface area contributed by atoms with Gasteiger partial charge in [0.25, 0.3) is 20.2 Å². The number of rotatable bonds is 11. The lowest BCUT2D eigenvalue weighted by molar-refractivity contribution is -0.160. The fourth-order valence-corrected chi connectivity index (χ4v) is 6.01. The third kappa shape index (κ3) is 7.30. The van der Waals surface area contributed by atoms with Crippen LogP contribution in [-0.2, 0) is 38.1 Å². The summed E-state index contributed by atoms with van der Waals surface area (Å²) in [4.78, 5) is 11.9. The SMILES string of the molecule is C=CC(=O)OC(c1c(C)cc(C)cc1C)C(OS(=O)(=O)c1ccc(C)cc1)OS(=O)(=O)c1ccc(C=C)cc1. The molecule has 0 aliphatic rings. The second-order valence-electron chi connectivity index (χ2n) is 8.93. The molecule has 206 valence electrons. The van der Waals surface area contributed by atoms with Gasteiger partial charge in [0.2, 0.25) is 6.29 Å². The van der Waals surface area contributed by atoms with E-state index >= 15 is 0 Å². The van der Waals surface area contributed by atoms with Crippen molar-refractivity contribution in [3.05, 3.63) is 113 Å². The molecule has 0 heterocycles. The first kappa shape index (κ1) is 30.0. The average molecular weight is 571 g/mol. The number of carbonyl (C=O) groups is 1. The lowest BCUT2D eigenvalue weighted by Gasteiger charge is -2.28. The zero-order valence-corrected chi connectivity index (χ0v) is 23.7. The summed E-state index contributed by atoms with van der Waals surface area (Å²) >= 11 is 0. The first-order valence-corrected chi connectivity index (χ1v) is 14.7. The van der Waals surface area contributed by atoms with Gasteiger partial charge in [0.1, 0.15) is 0 Å². The Morgan fingerprint density at radius 1 is 0.744 bits per heavy atom. The molecule has 0 saturated carbocycles. The zero-order chi connectivity index (χ0) is 29.0. The van der Waals surface area contributed by atoms with Crippen LogP contribution < -0.4 is 0 Å². The molecule has 0 aliphatic carbocycles.